The third-order valence-corrected chi connectivity index (χ3v) is 5.45. The van der Waals surface area contributed by atoms with Crippen LogP contribution in [0.4, 0.5) is 5.82 Å². The van der Waals surface area contributed by atoms with Gasteiger partial charge < -0.3 is 5.73 Å². The summed E-state index contributed by atoms with van der Waals surface area (Å²) >= 11 is 9.02. The van der Waals surface area contributed by atoms with E-state index in [1.165, 1.54) is 11.3 Å². The third kappa shape index (κ3) is 3.42. The highest BCUT2D eigenvalue weighted by Gasteiger charge is 2.26. The molecule has 114 valence electrons. The Bertz CT molecular complexity index is 624. The van der Waals surface area contributed by atoms with Crippen LogP contribution >= 0.6 is 34.7 Å². The zero-order chi connectivity index (χ0) is 15.6. The van der Waals surface area contributed by atoms with Crippen molar-refractivity contribution in [2.75, 3.05) is 11.5 Å². The molecule has 0 fully saturated rings. The molecule has 8 heteroatoms. The molecule has 0 spiro atoms. The summed E-state index contributed by atoms with van der Waals surface area (Å²) in [5, 5.41) is 1.68. The van der Waals surface area contributed by atoms with Gasteiger partial charge in [0.1, 0.15) is 10.7 Å². The number of hydrazine groups is 1. The van der Waals surface area contributed by atoms with E-state index in [4.69, 9.17) is 23.2 Å². The molecule has 4 N–H and O–H groups in total. The summed E-state index contributed by atoms with van der Waals surface area (Å²) in [6.07, 6.45) is 3.56. The number of nitrogens with zero attached hydrogens (tertiary/aromatic N) is 2. The van der Waals surface area contributed by atoms with E-state index in [2.05, 4.69) is 4.98 Å². The van der Waals surface area contributed by atoms with Crippen LogP contribution in [0, 0.1) is 0 Å². The van der Waals surface area contributed by atoms with Crippen LogP contribution in [0.2, 0.25) is 0 Å². The highest BCUT2D eigenvalue weighted by molar-refractivity contribution is 8.01. The number of nitrogens with two attached hydrogens (primary N) is 2. The quantitative estimate of drug-likeness (QED) is 0.378. The second-order valence-corrected chi connectivity index (χ2v) is 7.45. The van der Waals surface area contributed by atoms with E-state index in [0.717, 1.165) is 27.1 Å². The second-order valence-electron chi connectivity index (χ2n) is 4.48. The molecule has 0 radical (unpaired) electrons. The number of thioether (sulfide) groups is 1. The standard InChI is InChI=1S/C13H17ClN4OS2/c1-3-20-13-17-11(15)10(21-13)12(19)18(16)9-7(2)5-4-6-8(9)14/h5H,3-4,6,15-16H2,1-2H3. The maximum Gasteiger partial charge on any atom is 0.286 e. The lowest BCUT2D eigenvalue weighted by atomic mass is 10.0. The molecule has 0 atom stereocenters. The molecule has 1 aromatic heterocycles. The Kier molecular flexibility index (Phi) is 5.32. The van der Waals surface area contributed by atoms with Gasteiger partial charge in [0.2, 0.25) is 0 Å². The highest BCUT2D eigenvalue weighted by atomic mass is 35.5. The van der Waals surface area contributed by atoms with Gasteiger partial charge >= 0.3 is 0 Å². The molecular weight excluding hydrogens is 328 g/mol. The predicted octanol–water partition coefficient (Wildman–Crippen LogP) is 3.34. The minimum Gasteiger partial charge on any atom is -0.382 e. The van der Waals surface area contributed by atoms with Crippen molar-refractivity contribution < 1.29 is 4.79 Å². The van der Waals surface area contributed by atoms with Crippen LogP contribution in [0.15, 0.2) is 26.7 Å². The summed E-state index contributed by atoms with van der Waals surface area (Å²) < 4.78 is 0.766. The maximum absolute atomic E-state index is 12.5. The van der Waals surface area contributed by atoms with E-state index in [9.17, 15) is 4.79 Å². The molecule has 1 heterocycles. The fourth-order valence-electron chi connectivity index (χ4n) is 2.03. The topological polar surface area (TPSA) is 85.2 Å². The van der Waals surface area contributed by atoms with Crippen molar-refractivity contribution in [3.63, 3.8) is 0 Å². The number of allylic oxidation sites excluding steroid dienone is 3. The predicted molar refractivity (Wildman–Crippen MR) is 89.2 cm³/mol. The van der Waals surface area contributed by atoms with Gasteiger partial charge in [-0.3, -0.25) is 4.79 Å². The molecule has 0 saturated heterocycles. The van der Waals surface area contributed by atoms with Gasteiger partial charge in [-0.15, -0.1) is 11.3 Å². The maximum atomic E-state index is 12.5. The van der Waals surface area contributed by atoms with Crippen molar-refractivity contribution >= 4 is 46.4 Å². The average Bonchev–Trinajstić information content (AvgIpc) is 2.79. The Hall–Kier alpha value is -1.02. The van der Waals surface area contributed by atoms with Crippen LogP contribution in [0.5, 0.6) is 0 Å². The van der Waals surface area contributed by atoms with Gasteiger partial charge in [0, 0.05) is 5.03 Å². The molecule has 5 nitrogen and oxygen atoms in total. The largest absolute Gasteiger partial charge is 0.382 e. The van der Waals surface area contributed by atoms with Crippen molar-refractivity contribution in [1.82, 2.24) is 9.99 Å². The van der Waals surface area contributed by atoms with Gasteiger partial charge in [-0.05, 0) is 31.1 Å². The SMILES string of the molecule is CCSc1nc(N)c(C(=O)N(N)C2=C(Cl)CCC=C2C)s1. The molecular formula is C13H17ClN4OS2. The number of nitrogen functional groups attached to an aromatic ring is 1. The Balaban J connectivity index is 2.29. The molecule has 0 aromatic carbocycles. The molecule has 21 heavy (non-hydrogen) atoms. The summed E-state index contributed by atoms with van der Waals surface area (Å²) in [6.45, 7) is 3.90. The van der Waals surface area contributed by atoms with E-state index in [0.29, 0.717) is 22.0 Å². The van der Waals surface area contributed by atoms with Crippen LogP contribution in [0.3, 0.4) is 0 Å². The first kappa shape index (κ1) is 16.4. The fourth-order valence-corrected chi connectivity index (χ4v) is 4.28. The van der Waals surface area contributed by atoms with Crippen molar-refractivity contribution in [3.8, 4) is 0 Å². The number of anilines is 1. The highest BCUT2D eigenvalue weighted by Crippen LogP contribution is 2.33. The monoisotopic (exact) mass is 344 g/mol. The van der Waals surface area contributed by atoms with E-state index < -0.39 is 0 Å². The Morgan fingerprint density at radius 1 is 1.62 bits per heavy atom. The molecule has 1 aliphatic rings. The van der Waals surface area contributed by atoms with Gasteiger partial charge in [-0.25, -0.2) is 15.8 Å². The van der Waals surface area contributed by atoms with E-state index in [1.807, 2.05) is 19.9 Å². The number of halogens is 1. The first-order valence-corrected chi connectivity index (χ1v) is 8.67. The molecule has 0 aliphatic heterocycles. The van der Waals surface area contributed by atoms with E-state index >= 15 is 0 Å². The molecule has 0 unspecified atom stereocenters. The van der Waals surface area contributed by atoms with Crippen LogP contribution < -0.4 is 11.6 Å². The van der Waals surface area contributed by atoms with Gasteiger partial charge in [-0.2, -0.15) is 0 Å². The smallest absolute Gasteiger partial charge is 0.286 e. The summed E-state index contributed by atoms with van der Waals surface area (Å²) in [5.74, 6) is 6.68. The van der Waals surface area contributed by atoms with Crippen molar-refractivity contribution in [3.05, 3.63) is 27.3 Å². The zero-order valence-electron chi connectivity index (χ0n) is 11.9. The lowest BCUT2D eigenvalue weighted by Crippen LogP contribution is -2.38. The number of amides is 1. The fraction of sp³-hybridized carbons (Fsp3) is 0.385. The number of hydrogen-bond acceptors (Lipinski definition) is 6. The minimum absolute atomic E-state index is 0.213. The number of hydrogen-bond donors (Lipinski definition) is 2. The van der Waals surface area contributed by atoms with E-state index in [1.54, 1.807) is 11.8 Å². The molecule has 1 amide bonds. The lowest BCUT2D eigenvalue weighted by molar-refractivity contribution is 0.0812. The first-order chi connectivity index (χ1) is 9.95. The van der Waals surface area contributed by atoms with Crippen molar-refractivity contribution in [1.29, 1.82) is 0 Å². The van der Waals surface area contributed by atoms with Gasteiger partial charge in [-0.1, -0.05) is 36.4 Å². The Labute approximate surface area is 137 Å². The number of carbonyl (C=O) groups excluding carboxylic acids is 1. The summed E-state index contributed by atoms with van der Waals surface area (Å²) in [5.41, 5.74) is 7.29. The summed E-state index contributed by atoms with van der Waals surface area (Å²) in [4.78, 5) is 17.1. The van der Waals surface area contributed by atoms with Crippen LogP contribution in [0.1, 0.15) is 36.4 Å². The summed E-state index contributed by atoms with van der Waals surface area (Å²) in [6, 6.07) is 0. The molecule has 2 rings (SSSR count). The first-order valence-electron chi connectivity index (χ1n) is 6.49. The van der Waals surface area contributed by atoms with Crippen LogP contribution in [-0.2, 0) is 0 Å². The van der Waals surface area contributed by atoms with E-state index in [-0.39, 0.29) is 11.7 Å². The van der Waals surface area contributed by atoms with Gasteiger partial charge in [0.05, 0.1) is 5.70 Å². The number of carbonyl (C=O) groups is 1. The number of rotatable bonds is 4. The Morgan fingerprint density at radius 2 is 2.33 bits per heavy atom. The molecule has 1 aliphatic carbocycles. The Morgan fingerprint density at radius 3 is 2.95 bits per heavy atom. The zero-order valence-corrected chi connectivity index (χ0v) is 14.2. The third-order valence-electron chi connectivity index (χ3n) is 3.00. The molecule has 0 saturated carbocycles. The van der Waals surface area contributed by atoms with Crippen LogP contribution in [-0.4, -0.2) is 21.7 Å². The van der Waals surface area contributed by atoms with Gasteiger partial charge in [0.25, 0.3) is 5.91 Å². The molecule has 1 aromatic rings. The number of aromatic nitrogens is 1. The normalized spacial score (nSPS) is 15.1. The lowest BCUT2D eigenvalue weighted by Gasteiger charge is -2.24. The van der Waals surface area contributed by atoms with Crippen molar-refractivity contribution in [2.45, 2.75) is 31.0 Å². The second kappa shape index (κ2) is 6.83. The summed E-state index contributed by atoms with van der Waals surface area (Å²) in [7, 11) is 0. The van der Waals surface area contributed by atoms with Gasteiger partial charge in [0.15, 0.2) is 4.34 Å². The average molecular weight is 345 g/mol. The van der Waals surface area contributed by atoms with Crippen LogP contribution in [0.25, 0.3) is 0 Å². The number of thiazole rings is 1. The van der Waals surface area contributed by atoms with Crippen molar-refractivity contribution in [2.24, 2.45) is 5.84 Å². The minimum atomic E-state index is -0.379. The molecule has 0 bridgehead atoms.